The van der Waals surface area contributed by atoms with Crippen LogP contribution in [0.15, 0.2) is 29.3 Å². The van der Waals surface area contributed by atoms with Crippen LogP contribution >= 0.6 is 11.6 Å². The highest BCUT2D eigenvalue weighted by atomic mass is 35.5. The second-order valence-corrected chi connectivity index (χ2v) is 5.21. The van der Waals surface area contributed by atoms with Crippen LogP contribution in [0.25, 0.3) is 0 Å². The first kappa shape index (κ1) is 13.2. The SMILES string of the molecule is CN=C(NCCc1ccccc1Cl)NC1CC1C. The molecule has 4 heteroatoms. The van der Waals surface area contributed by atoms with Crippen molar-refractivity contribution in [3.63, 3.8) is 0 Å². The van der Waals surface area contributed by atoms with E-state index in [-0.39, 0.29) is 0 Å². The third-order valence-electron chi connectivity index (χ3n) is 3.30. The number of nitrogens with one attached hydrogen (secondary N) is 2. The molecule has 98 valence electrons. The van der Waals surface area contributed by atoms with Crippen LogP contribution in [-0.4, -0.2) is 25.6 Å². The average Bonchev–Trinajstić information content (AvgIpc) is 3.06. The van der Waals surface area contributed by atoms with Crippen molar-refractivity contribution in [2.75, 3.05) is 13.6 Å². The van der Waals surface area contributed by atoms with Crippen LogP contribution < -0.4 is 10.6 Å². The molecule has 0 aliphatic heterocycles. The van der Waals surface area contributed by atoms with E-state index in [1.54, 1.807) is 7.05 Å². The Morgan fingerprint density at radius 2 is 2.17 bits per heavy atom. The number of rotatable bonds is 4. The molecular formula is C14H20ClN3. The van der Waals surface area contributed by atoms with Gasteiger partial charge in [0.2, 0.25) is 0 Å². The van der Waals surface area contributed by atoms with Crippen LogP contribution in [0.2, 0.25) is 5.02 Å². The molecule has 1 aromatic carbocycles. The van der Waals surface area contributed by atoms with Gasteiger partial charge in [-0.05, 0) is 30.4 Å². The molecule has 1 aliphatic rings. The lowest BCUT2D eigenvalue weighted by molar-refractivity contribution is 0.758. The Labute approximate surface area is 114 Å². The second-order valence-electron chi connectivity index (χ2n) is 4.80. The Morgan fingerprint density at radius 3 is 2.78 bits per heavy atom. The van der Waals surface area contributed by atoms with Crippen molar-refractivity contribution >= 4 is 17.6 Å². The zero-order chi connectivity index (χ0) is 13.0. The molecule has 2 rings (SSSR count). The molecule has 1 saturated carbocycles. The fourth-order valence-corrected chi connectivity index (χ4v) is 2.14. The lowest BCUT2D eigenvalue weighted by Gasteiger charge is -2.11. The number of benzene rings is 1. The van der Waals surface area contributed by atoms with Crippen molar-refractivity contribution in [1.82, 2.24) is 10.6 Å². The van der Waals surface area contributed by atoms with E-state index >= 15 is 0 Å². The van der Waals surface area contributed by atoms with E-state index in [9.17, 15) is 0 Å². The quantitative estimate of drug-likeness (QED) is 0.648. The molecule has 2 atom stereocenters. The van der Waals surface area contributed by atoms with Gasteiger partial charge in [0.15, 0.2) is 5.96 Å². The fraction of sp³-hybridized carbons (Fsp3) is 0.500. The smallest absolute Gasteiger partial charge is 0.191 e. The van der Waals surface area contributed by atoms with Crippen molar-refractivity contribution in [2.45, 2.75) is 25.8 Å². The Morgan fingerprint density at radius 1 is 1.44 bits per heavy atom. The maximum absolute atomic E-state index is 6.11. The predicted octanol–water partition coefficient (Wildman–Crippen LogP) is 2.46. The Kier molecular flexibility index (Phi) is 4.48. The van der Waals surface area contributed by atoms with Crippen LogP contribution in [-0.2, 0) is 6.42 Å². The van der Waals surface area contributed by atoms with Crippen LogP contribution in [0, 0.1) is 5.92 Å². The van der Waals surface area contributed by atoms with Gasteiger partial charge in [0.25, 0.3) is 0 Å². The van der Waals surface area contributed by atoms with Crippen LogP contribution in [0.4, 0.5) is 0 Å². The van der Waals surface area contributed by atoms with Gasteiger partial charge in [-0.3, -0.25) is 4.99 Å². The minimum Gasteiger partial charge on any atom is -0.356 e. The van der Waals surface area contributed by atoms with E-state index < -0.39 is 0 Å². The largest absolute Gasteiger partial charge is 0.356 e. The lowest BCUT2D eigenvalue weighted by atomic mass is 10.1. The molecule has 0 bridgehead atoms. The zero-order valence-electron chi connectivity index (χ0n) is 10.9. The van der Waals surface area contributed by atoms with E-state index in [2.05, 4.69) is 28.6 Å². The highest BCUT2D eigenvalue weighted by molar-refractivity contribution is 6.31. The molecule has 2 unspecified atom stereocenters. The molecule has 0 aromatic heterocycles. The molecular weight excluding hydrogens is 246 g/mol. The van der Waals surface area contributed by atoms with E-state index in [0.29, 0.717) is 6.04 Å². The van der Waals surface area contributed by atoms with Gasteiger partial charge in [-0.1, -0.05) is 36.7 Å². The van der Waals surface area contributed by atoms with Gasteiger partial charge in [0.05, 0.1) is 0 Å². The van der Waals surface area contributed by atoms with E-state index in [1.807, 2.05) is 18.2 Å². The summed E-state index contributed by atoms with van der Waals surface area (Å²) in [5.74, 6) is 1.66. The van der Waals surface area contributed by atoms with E-state index in [0.717, 1.165) is 29.9 Å². The summed E-state index contributed by atoms with van der Waals surface area (Å²) in [6, 6.07) is 8.55. The van der Waals surface area contributed by atoms with Crippen molar-refractivity contribution in [3.05, 3.63) is 34.9 Å². The number of halogens is 1. The zero-order valence-corrected chi connectivity index (χ0v) is 11.7. The number of aliphatic imine (C=N–C) groups is 1. The van der Waals surface area contributed by atoms with Gasteiger partial charge >= 0.3 is 0 Å². The first-order valence-electron chi connectivity index (χ1n) is 6.41. The maximum Gasteiger partial charge on any atom is 0.191 e. The van der Waals surface area contributed by atoms with Gasteiger partial charge in [-0.2, -0.15) is 0 Å². The first-order chi connectivity index (χ1) is 8.70. The van der Waals surface area contributed by atoms with Gasteiger partial charge in [-0.25, -0.2) is 0 Å². The summed E-state index contributed by atoms with van der Waals surface area (Å²) in [6.07, 6.45) is 2.14. The van der Waals surface area contributed by atoms with Crippen molar-refractivity contribution in [3.8, 4) is 0 Å². The molecule has 1 aromatic rings. The molecule has 1 fully saturated rings. The first-order valence-corrected chi connectivity index (χ1v) is 6.79. The highest BCUT2D eigenvalue weighted by Crippen LogP contribution is 2.28. The number of guanidine groups is 1. The molecule has 2 N–H and O–H groups in total. The molecule has 18 heavy (non-hydrogen) atoms. The van der Waals surface area contributed by atoms with Gasteiger partial charge in [-0.15, -0.1) is 0 Å². The number of nitrogens with zero attached hydrogens (tertiary/aromatic N) is 1. The molecule has 0 amide bonds. The molecule has 0 saturated heterocycles. The van der Waals surface area contributed by atoms with Gasteiger partial charge < -0.3 is 10.6 Å². The van der Waals surface area contributed by atoms with E-state index in [4.69, 9.17) is 11.6 Å². The summed E-state index contributed by atoms with van der Waals surface area (Å²) in [7, 11) is 1.80. The number of hydrogen-bond donors (Lipinski definition) is 2. The topological polar surface area (TPSA) is 36.4 Å². The van der Waals surface area contributed by atoms with Crippen molar-refractivity contribution in [1.29, 1.82) is 0 Å². The van der Waals surface area contributed by atoms with Crippen molar-refractivity contribution < 1.29 is 0 Å². The summed E-state index contributed by atoms with van der Waals surface area (Å²) < 4.78 is 0. The molecule has 3 nitrogen and oxygen atoms in total. The van der Waals surface area contributed by atoms with Gasteiger partial charge in [0, 0.05) is 24.7 Å². The Hall–Kier alpha value is -1.22. The minimum atomic E-state index is 0.594. The predicted molar refractivity (Wildman–Crippen MR) is 77.2 cm³/mol. The van der Waals surface area contributed by atoms with Crippen LogP contribution in [0.3, 0.4) is 0 Å². The third-order valence-corrected chi connectivity index (χ3v) is 3.67. The average molecular weight is 266 g/mol. The summed E-state index contributed by atoms with van der Waals surface area (Å²) in [5.41, 5.74) is 1.17. The summed E-state index contributed by atoms with van der Waals surface area (Å²) in [6.45, 7) is 3.08. The second kappa shape index (κ2) is 6.10. The van der Waals surface area contributed by atoms with Crippen molar-refractivity contribution in [2.24, 2.45) is 10.9 Å². The third kappa shape index (κ3) is 3.64. The van der Waals surface area contributed by atoms with Gasteiger partial charge in [0.1, 0.15) is 0 Å². The Balaban J connectivity index is 1.75. The highest BCUT2D eigenvalue weighted by Gasteiger charge is 2.33. The molecule has 0 radical (unpaired) electrons. The number of hydrogen-bond acceptors (Lipinski definition) is 1. The summed E-state index contributed by atoms with van der Waals surface area (Å²) >= 11 is 6.11. The lowest BCUT2D eigenvalue weighted by Crippen LogP contribution is -2.39. The molecule has 0 spiro atoms. The Bertz CT molecular complexity index is 431. The summed E-state index contributed by atoms with van der Waals surface area (Å²) in [4.78, 5) is 4.22. The van der Waals surface area contributed by atoms with Crippen LogP contribution in [0.5, 0.6) is 0 Å². The molecule has 0 heterocycles. The summed E-state index contributed by atoms with van der Waals surface area (Å²) in [5, 5.41) is 7.55. The normalized spacial score (nSPS) is 22.7. The van der Waals surface area contributed by atoms with Crippen LogP contribution in [0.1, 0.15) is 18.9 Å². The standard InChI is InChI=1S/C14H20ClN3/c1-10-9-13(10)18-14(16-2)17-8-7-11-5-3-4-6-12(11)15/h3-6,10,13H,7-9H2,1-2H3,(H2,16,17,18). The molecule has 1 aliphatic carbocycles. The maximum atomic E-state index is 6.11. The van der Waals surface area contributed by atoms with E-state index in [1.165, 1.54) is 12.0 Å². The minimum absolute atomic E-state index is 0.594. The monoisotopic (exact) mass is 265 g/mol. The fourth-order valence-electron chi connectivity index (χ4n) is 1.91.